The quantitative estimate of drug-likeness (QED) is 0.319. The number of thiophene rings is 1. The van der Waals surface area contributed by atoms with Crippen molar-refractivity contribution in [1.82, 2.24) is 15.5 Å². The number of fused-ring (bicyclic) bond motifs is 1. The molecular weight excluding hydrogens is 600 g/mol. The minimum Gasteiger partial charge on any atom is -0.349 e. The van der Waals surface area contributed by atoms with E-state index in [-0.39, 0.29) is 36.1 Å². The van der Waals surface area contributed by atoms with Gasteiger partial charge in [-0.25, -0.2) is 0 Å². The van der Waals surface area contributed by atoms with Crippen molar-refractivity contribution in [3.63, 3.8) is 0 Å². The number of azo groups is 1. The topological polar surface area (TPSA) is 124 Å². The van der Waals surface area contributed by atoms with Gasteiger partial charge in [0.15, 0.2) is 0 Å². The van der Waals surface area contributed by atoms with Crippen molar-refractivity contribution in [2.45, 2.75) is 71.0 Å². The summed E-state index contributed by atoms with van der Waals surface area (Å²) in [5.41, 5.74) is 4.54. The second kappa shape index (κ2) is 13.5. The fraction of sp³-hybridized carbons (Fsp3) is 0.429. The summed E-state index contributed by atoms with van der Waals surface area (Å²) in [5.74, 6) is -1.24. The minimum absolute atomic E-state index is 0.139. The summed E-state index contributed by atoms with van der Waals surface area (Å²) in [5, 5.41) is 17.2. The maximum Gasteiger partial charge on any atom is 0.250 e. The Morgan fingerprint density at radius 3 is 2.70 bits per heavy atom. The monoisotopic (exact) mass is 640 g/mol. The van der Waals surface area contributed by atoms with Crippen LogP contribution >= 0.6 is 11.3 Å². The molecule has 1 aromatic heterocycles. The molecule has 0 aliphatic carbocycles. The molecule has 0 bridgehead atoms. The highest BCUT2D eigenvalue weighted by atomic mass is 32.1. The average Bonchev–Trinajstić information content (AvgIpc) is 3.80. The van der Waals surface area contributed by atoms with Crippen LogP contribution in [0, 0.1) is 5.92 Å². The number of rotatable bonds is 11. The van der Waals surface area contributed by atoms with Crippen molar-refractivity contribution in [2.24, 2.45) is 16.1 Å². The van der Waals surface area contributed by atoms with E-state index in [4.69, 9.17) is 0 Å². The molecule has 0 unspecified atom stereocenters. The number of amides is 4. The zero-order valence-electron chi connectivity index (χ0n) is 26.5. The number of nitrogens with zero attached hydrogens (tertiary/aromatic N) is 4. The molecule has 3 aliphatic rings. The highest BCUT2D eigenvalue weighted by molar-refractivity contribution is 7.17. The standard InChI is InChI=1S/C35H40N6O4S/c1-4-21(2)31(40(22(3)42)17-15-25-20-46-30-11-6-5-10-27(25)30)34(44)38-28-13-12-23-8-7-9-24-18-29(41(32(23)24)35(28)45)33(43)36-19-26-14-16-37-39-26/h5-11,14,20-21,28-29,31H,4,12-13,15-19H2,1-3H3,(H,36,43)(H,38,44)/t21-,28-,29-,31-/m0/s1. The molecule has 2 aromatic carbocycles. The van der Waals surface area contributed by atoms with Crippen molar-refractivity contribution in [2.75, 3.05) is 24.5 Å². The Morgan fingerprint density at radius 1 is 1.13 bits per heavy atom. The van der Waals surface area contributed by atoms with Crippen molar-refractivity contribution >= 4 is 50.7 Å². The lowest BCUT2D eigenvalue weighted by molar-refractivity contribution is -0.142. The van der Waals surface area contributed by atoms with Gasteiger partial charge in [-0.1, -0.05) is 56.7 Å². The molecule has 0 fully saturated rings. The molecule has 46 heavy (non-hydrogen) atoms. The summed E-state index contributed by atoms with van der Waals surface area (Å²) in [6.07, 6.45) is 4.52. The Bertz CT molecular complexity index is 1730. The minimum atomic E-state index is -0.839. The predicted octanol–water partition coefficient (Wildman–Crippen LogP) is 4.56. The average molecular weight is 641 g/mol. The summed E-state index contributed by atoms with van der Waals surface area (Å²) in [6, 6.07) is 11.8. The molecule has 4 amide bonds. The van der Waals surface area contributed by atoms with Crippen LogP contribution in [-0.2, 0) is 38.4 Å². The van der Waals surface area contributed by atoms with Crippen molar-refractivity contribution < 1.29 is 19.2 Å². The molecule has 0 spiro atoms. The first-order valence-electron chi connectivity index (χ1n) is 16.1. The summed E-state index contributed by atoms with van der Waals surface area (Å²) < 4.78 is 1.19. The van der Waals surface area contributed by atoms with Gasteiger partial charge in [0.25, 0.3) is 0 Å². The predicted molar refractivity (Wildman–Crippen MR) is 179 cm³/mol. The van der Waals surface area contributed by atoms with Crippen molar-refractivity contribution in [3.05, 3.63) is 76.3 Å². The molecule has 0 radical (unpaired) electrons. The third-order valence-corrected chi connectivity index (χ3v) is 10.5. The van der Waals surface area contributed by atoms with E-state index in [2.05, 4.69) is 38.4 Å². The number of nitrogens with one attached hydrogen (secondary N) is 2. The number of anilines is 1. The molecule has 10 nitrogen and oxygen atoms in total. The molecule has 240 valence electrons. The fourth-order valence-electron chi connectivity index (χ4n) is 6.84. The first-order valence-corrected chi connectivity index (χ1v) is 17.0. The Kier molecular flexibility index (Phi) is 9.30. The number of benzene rings is 2. The highest BCUT2D eigenvalue weighted by Crippen LogP contribution is 2.39. The first kappa shape index (κ1) is 31.6. The van der Waals surface area contributed by atoms with E-state index in [1.54, 1.807) is 21.1 Å². The van der Waals surface area contributed by atoms with Gasteiger partial charge in [-0.05, 0) is 64.8 Å². The van der Waals surface area contributed by atoms with Crippen LogP contribution in [0.4, 0.5) is 5.69 Å². The number of para-hydroxylation sites is 1. The van der Waals surface area contributed by atoms with Crippen molar-refractivity contribution in [3.8, 4) is 0 Å². The number of carbonyl (C=O) groups is 4. The maximum absolute atomic E-state index is 14.3. The highest BCUT2D eigenvalue weighted by Gasteiger charge is 2.45. The van der Waals surface area contributed by atoms with Gasteiger partial charge in [-0.3, -0.25) is 24.1 Å². The summed E-state index contributed by atoms with van der Waals surface area (Å²) in [4.78, 5) is 58.2. The molecule has 3 aromatic rings. The van der Waals surface area contributed by atoms with Gasteiger partial charge in [0.1, 0.15) is 18.1 Å². The van der Waals surface area contributed by atoms with Crippen LogP contribution in [0.1, 0.15) is 50.3 Å². The third-order valence-electron chi connectivity index (χ3n) is 9.45. The second-order valence-corrected chi connectivity index (χ2v) is 13.3. The second-order valence-electron chi connectivity index (χ2n) is 12.3. The SMILES string of the molecule is CC[C@H](C)[C@@H](C(=O)N[C@H]1CCc2cccc3c2N(C1=O)[C@H](C(=O)NCC1=CCN=N1)C3)N(CCc1csc2ccccc12)C(C)=O. The van der Waals surface area contributed by atoms with Crippen LogP contribution in [0.2, 0.25) is 0 Å². The molecule has 4 atom stereocenters. The third kappa shape index (κ3) is 6.20. The van der Waals surface area contributed by atoms with Gasteiger partial charge >= 0.3 is 0 Å². The van der Waals surface area contributed by atoms with E-state index in [1.165, 1.54) is 11.6 Å². The lowest BCUT2D eigenvalue weighted by Crippen LogP contribution is -2.59. The lowest BCUT2D eigenvalue weighted by atomic mass is 9.95. The Hall–Kier alpha value is -4.38. The zero-order chi connectivity index (χ0) is 32.4. The van der Waals surface area contributed by atoms with Gasteiger partial charge < -0.3 is 15.5 Å². The zero-order valence-corrected chi connectivity index (χ0v) is 27.3. The largest absolute Gasteiger partial charge is 0.349 e. The van der Waals surface area contributed by atoms with E-state index in [0.717, 1.165) is 27.8 Å². The maximum atomic E-state index is 14.3. The molecule has 11 heteroatoms. The van der Waals surface area contributed by atoms with Gasteiger partial charge in [-0.15, -0.1) is 11.3 Å². The normalized spacial score (nSPS) is 19.8. The Labute approximate surface area is 272 Å². The number of carbonyl (C=O) groups excluding carboxylic acids is 4. The molecule has 0 saturated carbocycles. The number of hydrogen-bond acceptors (Lipinski definition) is 7. The molecular formula is C35H40N6O4S. The van der Waals surface area contributed by atoms with E-state index in [1.807, 2.05) is 50.3 Å². The van der Waals surface area contributed by atoms with Gasteiger partial charge in [0.2, 0.25) is 23.6 Å². The summed E-state index contributed by atoms with van der Waals surface area (Å²) in [7, 11) is 0. The summed E-state index contributed by atoms with van der Waals surface area (Å²) >= 11 is 1.67. The number of hydrogen-bond donors (Lipinski definition) is 2. The van der Waals surface area contributed by atoms with Crippen LogP contribution in [-0.4, -0.2) is 66.3 Å². The van der Waals surface area contributed by atoms with Crippen LogP contribution in [0.5, 0.6) is 0 Å². The molecule has 3 aliphatic heterocycles. The lowest BCUT2D eigenvalue weighted by Gasteiger charge is -2.35. The van der Waals surface area contributed by atoms with Crippen LogP contribution in [0.25, 0.3) is 10.1 Å². The van der Waals surface area contributed by atoms with Crippen LogP contribution in [0.3, 0.4) is 0 Å². The molecule has 2 N–H and O–H groups in total. The Balaban J connectivity index is 1.21. The van der Waals surface area contributed by atoms with E-state index >= 15 is 0 Å². The fourth-order valence-corrected chi connectivity index (χ4v) is 7.84. The summed E-state index contributed by atoms with van der Waals surface area (Å²) in [6.45, 7) is 6.59. The first-order chi connectivity index (χ1) is 22.3. The van der Waals surface area contributed by atoms with Crippen LogP contribution in [0.15, 0.2) is 69.8 Å². The van der Waals surface area contributed by atoms with Gasteiger partial charge in [0.05, 0.1) is 24.5 Å². The molecule has 4 heterocycles. The van der Waals surface area contributed by atoms with E-state index in [0.29, 0.717) is 50.9 Å². The van der Waals surface area contributed by atoms with Gasteiger partial charge in [-0.2, -0.15) is 10.2 Å². The Morgan fingerprint density at radius 2 is 1.93 bits per heavy atom. The van der Waals surface area contributed by atoms with E-state index < -0.39 is 18.1 Å². The van der Waals surface area contributed by atoms with Crippen LogP contribution < -0.4 is 15.5 Å². The molecule has 6 rings (SSSR count). The smallest absolute Gasteiger partial charge is 0.250 e. The number of aryl methyl sites for hydroxylation is 1. The van der Waals surface area contributed by atoms with E-state index in [9.17, 15) is 19.2 Å². The molecule has 0 saturated heterocycles. The van der Waals surface area contributed by atoms with Crippen molar-refractivity contribution in [1.29, 1.82) is 0 Å². The van der Waals surface area contributed by atoms with Gasteiger partial charge in [0, 0.05) is 24.6 Å².